The molecule has 120 valence electrons. The van der Waals surface area contributed by atoms with Crippen molar-refractivity contribution >= 4 is 5.97 Å². The molecule has 0 heterocycles. The molecule has 0 amide bonds. The van der Waals surface area contributed by atoms with E-state index in [0.717, 1.165) is 16.7 Å². The van der Waals surface area contributed by atoms with E-state index in [0.29, 0.717) is 6.42 Å². The van der Waals surface area contributed by atoms with Crippen molar-refractivity contribution in [3.8, 4) is 23.7 Å². The van der Waals surface area contributed by atoms with Gasteiger partial charge < -0.3 is 5.11 Å². The Hall–Kier alpha value is -3.49. The van der Waals surface area contributed by atoms with Gasteiger partial charge in [-0.3, -0.25) is 4.79 Å². The number of carbonyl (C=O) groups is 1. The average Bonchev–Trinajstić information content (AvgIpc) is 2.67. The molecular formula is C23H16O2. The van der Waals surface area contributed by atoms with Crippen LogP contribution in [0.4, 0.5) is 0 Å². The lowest BCUT2D eigenvalue weighted by atomic mass is 9.80. The zero-order chi connectivity index (χ0) is 17.5. The number of carboxylic acid groups (broad SMARTS) is 1. The Morgan fingerprint density at radius 2 is 1.48 bits per heavy atom. The summed E-state index contributed by atoms with van der Waals surface area (Å²) in [7, 11) is 0. The van der Waals surface area contributed by atoms with Gasteiger partial charge in [0.1, 0.15) is 0 Å². The molecule has 0 aromatic heterocycles. The smallest absolute Gasteiger partial charge is 0.326 e. The van der Waals surface area contributed by atoms with Crippen LogP contribution in [0.2, 0.25) is 0 Å². The van der Waals surface area contributed by atoms with E-state index in [1.165, 1.54) is 0 Å². The van der Waals surface area contributed by atoms with Crippen LogP contribution in [0.3, 0.4) is 0 Å². The number of rotatable bonds is 1. The van der Waals surface area contributed by atoms with Gasteiger partial charge in [-0.05, 0) is 36.8 Å². The first-order chi connectivity index (χ1) is 12.2. The molecule has 0 fully saturated rings. The van der Waals surface area contributed by atoms with Crippen molar-refractivity contribution in [2.75, 3.05) is 0 Å². The van der Waals surface area contributed by atoms with Crippen LogP contribution < -0.4 is 0 Å². The van der Waals surface area contributed by atoms with Gasteiger partial charge in [-0.2, -0.15) is 0 Å². The summed E-state index contributed by atoms with van der Waals surface area (Å²) in [6, 6.07) is 19.1. The van der Waals surface area contributed by atoms with Gasteiger partial charge >= 0.3 is 5.97 Å². The lowest BCUT2D eigenvalue weighted by Gasteiger charge is -2.21. The first-order valence-electron chi connectivity index (χ1n) is 7.96. The van der Waals surface area contributed by atoms with E-state index in [1.807, 2.05) is 66.7 Å². The minimum atomic E-state index is -1.20. The molecule has 2 aromatic rings. The van der Waals surface area contributed by atoms with Crippen molar-refractivity contribution in [2.24, 2.45) is 5.41 Å². The molecule has 0 bridgehead atoms. The van der Waals surface area contributed by atoms with Crippen LogP contribution >= 0.6 is 0 Å². The molecule has 2 aromatic carbocycles. The fourth-order valence-electron chi connectivity index (χ4n) is 2.41. The van der Waals surface area contributed by atoms with Crippen LogP contribution in [0, 0.1) is 29.1 Å². The van der Waals surface area contributed by atoms with E-state index >= 15 is 0 Å². The van der Waals surface area contributed by atoms with Crippen LogP contribution in [-0.4, -0.2) is 11.1 Å². The quantitative estimate of drug-likeness (QED) is 0.804. The average molecular weight is 324 g/mol. The fourth-order valence-corrected chi connectivity index (χ4v) is 2.41. The van der Waals surface area contributed by atoms with Gasteiger partial charge in [0.25, 0.3) is 0 Å². The molecule has 1 unspecified atom stereocenters. The highest BCUT2D eigenvalue weighted by molar-refractivity contribution is 5.82. The Morgan fingerprint density at radius 1 is 0.880 bits per heavy atom. The third-order valence-corrected chi connectivity index (χ3v) is 3.90. The number of aliphatic carboxylic acids is 1. The highest BCUT2D eigenvalue weighted by atomic mass is 16.4. The molecule has 0 spiro atoms. The van der Waals surface area contributed by atoms with E-state index in [-0.39, 0.29) is 0 Å². The van der Waals surface area contributed by atoms with Crippen molar-refractivity contribution in [2.45, 2.75) is 6.42 Å². The summed E-state index contributed by atoms with van der Waals surface area (Å²) >= 11 is 0. The Bertz CT molecular complexity index is 945. The summed E-state index contributed by atoms with van der Waals surface area (Å²) in [5.41, 5.74) is 1.33. The van der Waals surface area contributed by atoms with Crippen molar-refractivity contribution in [1.29, 1.82) is 0 Å². The summed E-state index contributed by atoms with van der Waals surface area (Å²) in [5.74, 6) is 11.1. The summed E-state index contributed by atoms with van der Waals surface area (Å²) in [6.07, 6.45) is 5.52. The topological polar surface area (TPSA) is 37.3 Å². The van der Waals surface area contributed by atoms with E-state index in [1.54, 1.807) is 12.2 Å². The molecule has 1 aliphatic carbocycles. The first-order valence-corrected chi connectivity index (χ1v) is 7.96. The maximum absolute atomic E-state index is 11.8. The third kappa shape index (κ3) is 4.08. The Kier molecular flexibility index (Phi) is 4.84. The van der Waals surface area contributed by atoms with Crippen molar-refractivity contribution < 1.29 is 9.90 Å². The number of carboxylic acids is 1. The van der Waals surface area contributed by atoms with E-state index in [9.17, 15) is 9.90 Å². The molecule has 1 N–H and O–H groups in total. The summed E-state index contributed by atoms with van der Waals surface area (Å²) < 4.78 is 0. The second kappa shape index (κ2) is 7.39. The van der Waals surface area contributed by atoms with Gasteiger partial charge in [-0.25, -0.2) is 0 Å². The minimum Gasteiger partial charge on any atom is -0.480 e. The predicted molar refractivity (Wildman–Crippen MR) is 98.5 cm³/mol. The lowest BCUT2D eigenvalue weighted by Crippen LogP contribution is -2.28. The highest BCUT2D eigenvalue weighted by Crippen LogP contribution is 2.29. The predicted octanol–water partition coefficient (Wildman–Crippen LogP) is 4.05. The zero-order valence-corrected chi connectivity index (χ0v) is 13.6. The fraction of sp³-hybridized carbons (Fsp3) is 0.0870. The zero-order valence-electron chi connectivity index (χ0n) is 13.6. The molecule has 1 atom stereocenters. The normalized spacial score (nSPS) is 18.2. The molecule has 2 nitrogen and oxygen atoms in total. The maximum atomic E-state index is 11.8. The summed E-state index contributed by atoms with van der Waals surface area (Å²) in [6.45, 7) is 0. The molecule has 1 aliphatic rings. The Labute approximate surface area is 147 Å². The number of hydrogen-bond acceptors (Lipinski definition) is 1. The van der Waals surface area contributed by atoms with Crippen molar-refractivity contribution in [3.63, 3.8) is 0 Å². The van der Waals surface area contributed by atoms with Crippen LogP contribution in [0.1, 0.15) is 17.5 Å². The lowest BCUT2D eigenvalue weighted by molar-refractivity contribution is -0.143. The largest absolute Gasteiger partial charge is 0.480 e. The molecule has 0 saturated heterocycles. The molecule has 2 heteroatoms. The minimum absolute atomic E-state index is 0.303. The van der Waals surface area contributed by atoms with E-state index in [2.05, 4.69) is 23.7 Å². The standard InChI is InChI=1S/C23H16O2/c24-22(25)23(16-13-20-9-5-2-6-10-20)17-14-21(15-18-23)12-11-19-7-3-1-4-8-19/h1-10,14-15,17H,18H2,(H,24,25). The molecular weight excluding hydrogens is 308 g/mol. The monoisotopic (exact) mass is 324 g/mol. The van der Waals surface area contributed by atoms with Gasteiger partial charge in [-0.1, -0.05) is 72.2 Å². The molecule has 0 saturated carbocycles. The van der Waals surface area contributed by atoms with Gasteiger partial charge in [0.05, 0.1) is 0 Å². The molecule has 0 aliphatic heterocycles. The van der Waals surface area contributed by atoms with Crippen LogP contribution in [-0.2, 0) is 4.79 Å². The number of hydrogen-bond donors (Lipinski definition) is 1. The molecule has 0 radical (unpaired) electrons. The summed E-state index contributed by atoms with van der Waals surface area (Å²) in [4.78, 5) is 11.8. The second-order valence-corrected chi connectivity index (χ2v) is 5.71. The van der Waals surface area contributed by atoms with Crippen LogP contribution in [0.5, 0.6) is 0 Å². The van der Waals surface area contributed by atoms with Crippen molar-refractivity contribution in [1.82, 2.24) is 0 Å². The van der Waals surface area contributed by atoms with E-state index < -0.39 is 11.4 Å². The Morgan fingerprint density at radius 3 is 2.00 bits per heavy atom. The second-order valence-electron chi connectivity index (χ2n) is 5.71. The summed E-state index contributed by atoms with van der Waals surface area (Å²) in [5, 5.41) is 9.64. The SMILES string of the molecule is O=C(O)C1(C#Cc2ccccc2)C=CC(C#Cc2ccccc2)=CC1. The van der Waals surface area contributed by atoms with Gasteiger partial charge in [-0.15, -0.1) is 0 Å². The maximum Gasteiger partial charge on any atom is 0.326 e. The van der Waals surface area contributed by atoms with Gasteiger partial charge in [0.2, 0.25) is 0 Å². The number of benzene rings is 2. The molecule has 3 rings (SSSR count). The van der Waals surface area contributed by atoms with Crippen LogP contribution in [0.25, 0.3) is 0 Å². The highest BCUT2D eigenvalue weighted by Gasteiger charge is 2.34. The van der Waals surface area contributed by atoms with Gasteiger partial charge in [0, 0.05) is 16.7 Å². The Balaban J connectivity index is 1.81. The van der Waals surface area contributed by atoms with Gasteiger partial charge in [0.15, 0.2) is 5.41 Å². The third-order valence-electron chi connectivity index (χ3n) is 3.90. The molecule has 25 heavy (non-hydrogen) atoms. The van der Waals surface area contributed by atoms with Crippen LogP contribution in [0.15, 0.2) is 84.5 Å². The number of allylic oxidation sites excluding steroid dienone is 3. The van der Waals surface area contributed by atoms with E-state index in [4.69, 9.17) is 0 Å². The van der Waals surface area contributed by atoms with Crippen molar-refractivity contribution in [3.05, 3.63) is 95.6 Å². The first kappa shape index (κ1) is 16.4.